The SMILES string of the molecule is CNC(CCc1ccc(I)cc1)c1ccccc1. The second-order valence-electron chi connectivity index (χ2n) is 4.42. The molecule has 0 fully saturated rings. The summed E-state index contributed by atoms with van der Waals surface area (Å²) in [6.45, 7) is 0. The van der Waals surface area contributed by atoms with Gasteiger partial charge in [0.25, 0.3) is 0 Å². The molecule has 0 aliphatic rings. The molecule has 1 unspecified atom stereocenters. The van der Waals surface area contributed by atoms with E-state index in [1.54, 1.807) is 0 Å². The Labute approximate surface area is 123 Å². The highest BCUT2D eigenvalue weighted by Crippen LogP contribution is 2.19. The first-order valence-electron chi connectivity index (χ1n) is 6.26. The van der Waals surface area contributed by atoms with Crippen LogP contribution in [0.2, 0.25) is 0 Å². The summed E-state index contributed by atoms with van der Waals surface area (Å²) < 4.78 is 1.30. The molecule has 0 saturated carbocycles. The molecule has 0 saturated heterocycles. The highest BCUT2D eigenvalue weighted by molar-refractivity contribution is 14.1. The molecule has 0 radical (unpaired) electrons. The van der Waals surface area contributed by atoms with Gasteiger partial charge in [0.2, 0.25) is 0 Å². The van der Waals surface area contributed by atoms with E-state index in [0.717, 1.165) is 12.8 Å². The second-order valence-corrected chi connectivity index (χ2v) is 5.66. The van der Waals surface area contributed by atoms with Gasteiger partial charge in [-0.15, -0.1) is 0 Å². The summed E-state index contributed by atoms with van der Waals surface area (Å²) in [6.07, 6.45) is 2.23. The van der Waals surface area contributed by atoms with Crippen LogP contribution in [-0.4, -0.2) is 7.05 Å². The number of hydrogen-bond donors (Lipinski definition) is 1. The van der Waals surface area contributed by atoms with Gasteiger partial charge < -0.3 is 5.32 Å². The molecule has 0 heterocycles. The molecule has 0 spiro atoms. The molecule has 18 heavy (non-hydrogen) atoms. The topological polar surface area (TPSA) is 12.0 Å². The van der Waals surface area contributed by atoms with Crippen LogP contribution in [-0.2, 0) is 6.42 Å². The third-order valence-electron chi connectivity index (χ3n) is 3.19. The van der Waals surface area contributed by atoms with E-state index in [-0.39, 0.29) is 0 Å². The Hall–Kier alpha value is -0.870. The Bertz CT molecular complexity index is 464. The lowest BCUT2D eigenvalue weighted by molar-refractivity contribution is 0.549. The number of nitrogens with one attached hydrogen (secondary N) is 1. The second kappa shape index (κ2) is 6.90. The molecule has 0 aromatic heterocycles. The summed E-state index contributed by atoms with van der Waals surface area (Å²) in [7, 11) is 2.03. The zero-order valence-corrected chi connectivity index (χ0v) is 12.7. The van der Waals surface area contributed by atoms with Crippen LogP contribution in [0.4, 0.5) is 0 Å². The fourth-order valence-corrected chi connectivity index (χ4v) is 2.48. The normalized spacial score (nSPS) is 12.3. The average Bonchev–Trinajstić information content (AvgIpc) is 2.43. The first-order chi connectivity index (χ1) is 8.79. The summed E-state index contributed by atoms with van der Waals surface area (Å²) >= 11 is 2.34. The minimum Gasteiger partial charge on any atom is -0.313 e. The van der Waals surface area contributed by atoms with Crippen molar-refractivity contribution in [3.05, 3.63) is 69.3 Å². The predicted molar refractivity (Wildman–Crippen MR) is 85.7 cm³/mol. The number of rotatable bonds is 5. The summed E-state index contributed by atoms with van der Waals surface area (Å²) in [6, 6.07) is 19.9. The molecule has 94 valence electrons. The van der Waals surface area contributed by atoms with E-state index in [2.05, 4.69) is 82.5 Å². The molecule has 2 aromatic rings. The van der Waals surface area contributed by atoms with Crippen molar-refractivity contribution in [1.29, 1.82) is 0 Å². The van der Waals surface area contributed by atoms with Gasteiger partial charge in [0.1, 0.15) is 0 Å². The molecular formula is C16H18IN. The summed E-state index contributed by atoms with van der Waals surface area (Å²) in [4.78, 5) is 0. The van der Waals surface area contributed by atoms with Gasteiger partial charge in [0, 0.05) is 9.61 Å². The maximum atomic E-state index is 3.40. The van der Waals surface area contributed by atoms with E-state index in [0.29, 0.717) is 6.04 Å². The maximum Gasteiger partial charge on any atom is 0.0320 e. The Morgan fingerprint density at radius 2 is 1.67 bits per heavy atom. The third kappa shape index (κ3) is 3.82. The Morgan fingerprint density at radius 3 is 2.28 bits per heavy atom. The van der Waals surface area contributed by atoms with Gasteiger partial charge >= 0.3 is 0 Å². The fraction of sp³-hybridized carbons (Fsp3) is 0.250. The molecule has 0 bridgehead atoms. The quantitative estimate of drug-likeness (QED) is 0.797. The molecule has 2 rings (SSSR count). The van der Waals surface area contributed by atoms with Crippen molar-refractivity contribution in [1.82, 2.24) is 5.32 Å². The van der Waals surface area contributed by atoms with Gasteiger partial charge in [-0.05, 0) is 65.7 Å². The van der Waals surface area contributed by atoms with E-state index in [1.165, 1.54) is 14.7 Å². The van der Waals surface area contributed by atoms with Gasteiger partial charge in [-0.1, -0.05) is 42.5 Å². The van der Waals surface area contributed by atoms with Gasteiger partial charge in [-0.25, -0.2) is 0 Å². The van der Waals surface area contributed by atoms with Gasteiger partial charge in [0.05, 0.1) is 0 Å². The molecular weight excluding hydrogens is 333 g/mol. The van der Waals surface area contributed by atoms with E-state index in [9.17, 15) is 0 Å². The summed E-state index contributed by atoms with van der Waals surface area (Å²) in [5.41, 5.74) is 2.78. The Morgan fingerprint density at radius 1 is 1.00 bits per heavy atom. The molecule has 1 N–H and O–H groups in total. The number of aryl methyl sites for hydroxylation is 1. The monoisotopic (exact) mass is 351 g/mol. The van der Waals surface area contributed by atoms with Crippen LogP contribution < -0.4 is 5.32 Å². The minimum atomic E-state index is 0.436. The van der Waals surface area contributed by atoms with E-state index in [1.807, 2.05) is 7.05 Å². The van der Waals surface area contributed by atoms with E-state index >= 15 is 0 Å². The highest BCUT2D eigenvalue weighted by atomic mass is 127. The molecule has 1 nitrogen and oxygen atoms in total. The van der Waals surface area contributed by atoms with Crippen molar-refractivity contribution < 1.29 is 0 Å². The van der Waals surface area contributed by atoms with Crippen molar-refractivity contribution in [2.75, 3.05) is 7.05 Å². The van der Waals surface area contributed by atoms with Crippen LogP contribution in [0.25, 0.3) is 0 Å². The van der Waals surface area contributed by atoms with Gasteiger partial charge in [-0.3, -0.25) is 0 Å². The number of benzene rings is 2. The van der Waals surface area contributed by atoms with E-state index < -0.39 is 0 Å². The molecule has 0 aliphatic carbocycles. The smallest absolute Gasteiger partial charge is 0.0320 e. The molecule has 2 heteroatoms. The fourth-order valence-electron chi connectivity index (χ4n) is 2.13. The van der Waals surface area contributed by atoms with Crippen molar-refractivity contribution in [3.8, 4) is 0 Å². The lowest BCUT2D eigenvalue weighted by Crippen LogP contribution is -2.16. The van der Waals surface area contributed by atoms with Crippen molar-refractivity contribution in [3.63, 3.8) is 0 Å². The third-order valence-corrected chi connectivity index (χ3v) is 3.90. The van der Waals surface area contributed by atoms with Crippen LogP contribution in [0.5, 0.6) is 0 Å². The van der Waals surface area contributed by atoms with Crippen molar-refractivity contribution in [2.24, 2.45) is 0 Å². The van der Waals surface area contributed by atoms with Crippen LogP contribution in [0.3, 0.4) is 0 Å². The zero-order valence-electron chi connectivity index (χ0n) is 10.6. The largest absolute Gasteiger partial charge is 0.313 e. The van der Waals surface area contributed by atoms with Gasteiger partial charge in [0.15, 0.2) is 0 Å². The predicted octanol–water partition coefficient (Wildman–Crippen LogP) is 4.18. The Kier molecular flexibility index (Phi) is 5.20. The van der Waals surface area contributed by atoms with Gasteiger partial charge in [-0.2, -0.15) is 0 Å². The number of halogens is 1. The van der Waals surface area contributed by atoms with Crippen LogP contribution in [0.1, 0.15) is 23.6 Å². The summed E-state index contributed by atoms with van der Waals surface area (Å²) in [5.74, 6) is 0. The van der Waals surface area contributed by atoms with Crippen molar-refractivity contribution >= 4 is 22.6 Å². The average molecular weight is 351 g/mol. The lowest BCUT2D eigenvalue weighted by atomic mass is 9.99. The Balaban J connectivity index is 1.97. The van der Waals surface area contributed by atoms with Crippen LogP contribution in [0, 0.1) is 3.57 Å². The zero-order chi connectivity index (χ0) is 12.8. The first-order valence-corrected chi connectivity index (χ1v) is 7.34. The molecule has 1 atom stereocenters. The summed E-state index contributed by atoms with van der Waals surface area (Å²) in [5, 5.41) is 3.40. The van der Waals surface area contributed by atoms with Crippen LogP contribution in [0.15, 0.2) is 54.6 Å². The highest BCUT2D eigenvalue weighted by Gasteiger charge is 2.08. The molecule has 0 amide bonds. The number of hydrogen-bond acceptors (Lipinski definition) is 1. The standard InChI is InChI=1S/C16H18IN/c1-18-16(14-5-3-2-4-6-14)12-9-13-7-10-15(17)11-8-13/h2-8,10-11,16,18H,9,12H2,1H3. The minimum absolute atomic E-state index is 0.436. The maximum absolute atomic E-state index is 3.40. The van der Waals surface area contributed by atoms with Crippen LogP contribution >= 0.6 is 22.6 Å². The van der Waals surface area contributed by atoms with Crippen molar-refractivity contribution in [2.45, 2.75) is 18.9 Å². The molecule has 2 aromatic carbocycles. The van der Waals surface area contributed by atoms with E-state index in [4.69, 9.17) is 0 Å². The molecule has 0 aliphatic heterocycles. The first kappa shape index (κ1) is 13.6. The lowest BCUT2D eigenvalue weighted by Gasteiger charge is -2.16.